The lowest BCUT2D eigenvalue weighted by Gasteiger charge is -2.28. The van der Waals surface area contributed by atoms with Gasteiger partial charge in [-0.05, 0) is 66.0 Å². The quantitative estimate of drug-likeness (QED) is 0.272. The highest BCUT2D eigenvalue weighted by Gasteiger charge is 2.23. The Kier molecular flexibility index (Phi) is 7.32. The Morgan fingerprint density at radius 1 is 0.784 bits per heavy atom. The van der Waals surface area contributed by atoms with Gasteiger partial charge in [-0.1, -0.05) is 100 Å². The molecule has 0 saturated heterocycles. The summed E-state index contributed by atoms with van der Waals surface area (Å²) in [5.41, 5.74) is 11.0. The number of pyridine rings is 1. The monoisotopic (exact) mass is 489 g/mol. The second-order valence-electron chi connectivity index (χ2n) is 11.0. The van der Waals surface area contributed by atoms with Crippen LogP contribution in [0.5, 0.6) is 0 Å². The molecule has 1 aliphatic rings. The van der Waals surface area contributed by atoms with Crippen molar-refractivity contribution in [2.75, 3.05) is 10.6 Å². The Balaban J connectivity index is 1.62. The fraction of sp³-hybridized carbons (Fsp3) is 0.324. The number of aryl methyl sites for hydroxylation is 1. The number of nitrogens with one attached hydrogen (secondary N) is 2. The summed E-state index contributed by atoms with van der Waals surface area (Å²) in [7, 11) is 0. The maximum Gasteiger partial charge on any atom is 0.0940 e. The molecule has 0 bridgehead atoms. The molecule has 190 valence electrons. The number of hydrogen-bond acceptors (Lipinski definition) is 3. The van der Waals surface area contributed by atoms with E-state index in [9.17, 15) is 0 Å². The molecule has 2 atom stereocenters. The Labute approximate surface area is 222 Å². The van der Waals surface area contributed by atoms with Crippen molar-refractivity contribution in [2.24, 2.45) is 0 Å². The number of fused-ring (bicyclic) bond motifs is 1. The average Bonchev–Trinajstić information content (AvgIpc) is 2.91. The minimum absolute atomic E-state index is 0.0648. The largest absolute Gasteiger partial charge is 0.382 e. The minimum Gasteiger partial charge on any atom is -0.382 e. The lowest BCUT2D eigenvalue weighted by atomic mass is 9.91. The van der Waals surface area contributed by atoms with E-state index in [4.69, 9.17) is 4.98 Å². The van der Waals surface area contributed by atoms with Gasteiger partial charge in [-0.15, -0.1) is 0 Å². The third-order valence-electron chi connectivity index (χ3n) is 7.53. The van der Waals surface area contributed by atoms with Crippen LogP contribution in [-0.2, 0) is 6.42 Å². The van der Waals surface area contributed by atoms with Gasteiger partial charge in [0.1, 0.15) is 0 Å². The van der Waals surface area contributed by atoms with Gasteiger partial charge in [-0.3, -0.25) is 4.98 Å². The zero-order valence-electron chi connectivity index (χ0n) is 22.8. The first-order valence-electron chi connectivity index (χ1n) is 13.7. The molecule has 0 radical (unpaired) electrons. The van der Waals surface area contributed by atoms with E-state index in [1.54, 1.807) is 0 Å². The van der Waals surface area contributed by atoms with Crippen LogP contribution in [0.4, 0.5) is 11.4 Å². The molecule has 0 amide bonds. The molecular weight excluding hydrogens is 450 g/mol. The van der Waals surface area contributed by atoms with Crippen molar-refractivity contribution in [1.82, 2.24) is 4.98 Å². The molecule has 2 heterocycles. The van der Waals surface area contributed by atoms with Crippen LogP contribution in [0.3, 0.4) is 0 Å². The molecule has 0 unspecified atom stereocenters. The van der Waals surface area contributed by atoms with Crippen LogP contribution >= 0.6 is 0 Å². The zero-order valence-corrected chi connectivity index (χ0v) is 22.8. The van der Waals surface area contributed by atoms with Crippen molar-refractivity contribution in [3.05, 3.63) is 113 Å². The van der Waals surface area contributed by atoms with E-state index < -0.39 is 0 Å². The number of benzene rings is 3. The van der Waals surface area contributed by atoms with Crippen molar-refractivity contribution in [3.8, 4) is 11.3 Å². The van der Waals surface area contributed by atoms with Gasteiger partial charge >= 0.3 is 0 Å². The number of nitrogens with zero attached hydrogens (tertiary/aromatic N) is 1. The molecule has 1 aromatic heterocycles. The number of anilines is 2. The van der Waals surface area contributed by atoms with Crippen molar-refractivity contribution in [1.29, 1.82) is 0 Å². The highest BCUT2D eigenvalue weighted by Crippen LogP contribution is 2.38. The van der Waals surface area contributed by atoms with Gasteiger partial charge in [0.15, 0.2) is 0 Å². The summed E-state index contributed by atoms with van der Waals surface area (Å²) in [6.45, 7) is 11.3. The van der Waals surface area contributed by atoms with Gasteiger partial charge in [-0.25, -0.2) is 0 Å². The molecule has 1 aliphatic heterocycles. The van der Waals surface area contributed by atoms with E-state index in [-0.39, 0.29) is 6.04 Å². The second kappa shape index (κ2) is 10.8. The molecule has 3 nitrogen and oxygen atoms in total. The molecule has 0 aliphatic carbocycles. The topological polar surface area (TPSA) is 37.0 Å². The number of para-hydroxylation sites is 2. The van der Waals surface area contributed by atoms with Crippen molar-refractivity contribution >= 4 is 11.4 Å². The Morgan fingerprint density at radius 2 is 1.46 bits per heavy atom. The van der Waals surface area contributed by atoms with E-state index in [0.29, 0.717) is 17.9 Å². The van der Waals surface area contributed by atoms with E-state index in [2.05, 4.69) is 130 Å². The van der Waals surface area contributed by atoms with Crippen LogP contribution < -0.4 is 10.6 Å². The van der Waals surface area contributed by atoms with E-state index in [1.807, 2.05) is 0 Å². The third-order valence-corrected chi connectivity index (χ3v) is 7.53. The predicted octanol–water partition coefficient (Wildman–Crippen LogP) is 8.94. The summed E-state index contributed by atoms with van der Waals surface area (Å²) >= 11 is 0. The number of aromatic nitrogens is 1. The molecule has 4 aromatic rings. The van der Waals surface area contributed by atoms with Gasteiger partial charge in [0.2, 0.25) is 0 Å². The van der Waals surface area contributed by atoms with Crippen LogP contribution in [0.2, 0.25) is 0 Å². The summed E-state index contributed by atoms with van der Waals surface area (Å²) in [5.74, 6) is 0.835. The highest BCUT2D eigenvalue weighted by molar-refractivity contribution is 5.79. The molecule has 3 heteroatoms. The van der Waals surface area contributed by atoms with Gasteiger partial charge in [0.05, 0.1) is 17.4 Å². The smallest absolute Gasteiger partial charge is 0.0940 e. The third kappa shape index (κ3) is 5.27. The van der Waals surface area contributed by atoms with Gasteiger partial charge in [0, 0.05) is 23.0 Å². The zero-order chi connectivity index (χ0) is 25.9. The van der Waals surface area contributed by atoms with E-state index in [0.717, 1.165) is 24.2 Å². The maximum atomic E-state index is 5.30. The lowest BCUT2D eigenvalue weighted by Crippen LogP contribution is -2.22. The number of hydrogen-bond donors (Lipinski definition) is 2. The SMILES string of the molecule is CC(C)c1cccc(C(C)C)c1N[C@H](c1ccccc1)c1cccc(-c2cccc3c2N[C@@H](C)CC3)n1. The van der Waals surface area contributed by atoms with Gasteiger partial charge < -0.3 is 10.6 Å². The molecule has 0 saturated carbocycles. The van der Waals surface area contributed by atoms with Crippen molar-refractivity contribution < 1.29 is 0 Å². The van der Waals surface area contributed by atoms with Crippen LogP contribution in [-0.4, -0.2) is 11.0 Å². The van der Waals surface area contributed by atoms with Crippen molar-refractivity contribution in [2.45, 2.75) is 71.4 Å². The first kappa shape index (κ1) is 25.1. The van der Waals surface area contributed by atoms with Crippen molar-refractivity contribution in [3.63, 3.8) is 0 Å². The van der Waals surface area contributed by atoms with E-state index in [1.165, 1.54) is 39.2 Å². The average molecular weight is 490 g/mol. The summed E-state index contributed by atoms with van der Waals surface area (Å²) in [6.07, 6.45) is 2.27. The molecule has 2 N–H and O–H groups in total. The highest BCUT2D eigenvalue weighted by atomic mass is 15.0. The van der Waals surface area contributed by atoms with Crippen LogP contribution in [0, 0.1) is 0 Å². The number of rotatable bonds is 7. The minimum atomic E-state index is -0.0648. The molecule has 0 spiro atoms. The van der Waals surface area contributed by atoms with Crippen LogP contribution in [0.25, 0.3) is 11.3 Å². The standard InChI is InChI=1S/C34H39N3/c1-22(2)27-15-10-16-28(23(3)4)34(27)37-33(25-12-7-6-8-13-25)31-19-11-18-30(36-31)29-17-9-14-26-21-20-24(5)35-32(26)29/h6-19,22-24,33,35,37H,20-21H2,1-5H3/t24-,33+/m0/s1. The molecule has 3 aromatic carbocycles. The fourth-order valence-electron chi connectivity index (χ4n) is 5.48. The first-order valence-corrected chi connectivity index (χ1v) is 13.7. The van der Waals surface area contributed by atoms with Gasteiger partial charge in [0.25, 0.3) is 0 Å². The second-order valence-corrected chi connectivity index (χ2v) is 11.0. The molecule has 37 heavy (non-hydrogen) atoms. The predicted molar refractivity (Wildman–Crippen MR) is 158 cm³/mol. The molecule has 5 rings (SSSR count). The lowest BCUT2D eigenvalue weighted by molar-refractivity contribution is 0.681. The summed E-state index contributed by atoms with van der Waals surface area (Å²) in [4.78, 5) is 5.30. The summed E-state index contributed by atoms with van der Waals surface area (Å²) in [6, 6.07) is 30.9. The normalized spacial score (nSPS) is 15.8. The molecular formula is C34H39N3. The Bertz CT molecular complexity index is 1330. The first-order chi connectivity index (χ1) is 17.9. The maximum absolute atomic E-state index is 5.30. The van der Waals surface area contributed by atoms with E-state index >= 15 is 0 Å². The fourth-order valence-corrected chi connectivity index (χ4v) is 5.48. The summed E-state index contributed by atoms with van der Waals surface area (Å²) in [5, 5.41) is 7.71. The van der Waals surface area contributed by atoms with Crippen LogP contribution in [0.15, 0.2) is 84.9 Å². The Hall–Kier alpha value is -3.59. The Morgan fingerprint density at radius 3 is 2.16 bits per heavy atom. The molecule has 0 fully saturated rings. The van der Waals surface area contributed by atoms with Crippen LogP contribution in [0.1, 0.15) is 86.9 Å². The van der Waals surface area contributed by atoms with Gasteiger partial charge in [-0.2, -0.15) is 0 Å². The summed E-state index contributed by atoms with van der Waals surface area (Å²) < 4.78 is 0.